The van der Waals surface area contributed by atoms with E-state index >= 15 is 0 Å². The Morgan fingerprint density at radius 3 is 2.41 bits per heavy atom. The van der Waals surface area contributed by atoms with Crippen LogP contribution in [0.25, 0.3) is 0 Å². The predicted octanol–water partition coefficient (Wildman–Crippen LogP) is 3.29. The molecule has 0 radical (unpaired) electrons. The summed E-state index contributed by atoms with van der Waals surface area (Å²) in [5.74, 6) is 0. The molecular weight excluding hydrogens is 272 g/mol. The summed E-state index contributed by atoms with van der Waals surface area (Å²) in [5.41, 5.74) is 3.57. The first-order valence-electron chi connectivity index (χ1n) is 8.12. The summed E-state index contributed by atoms with van der Waals surface area (Å²) in [6.07, 6.45) is 6.03. The molecule has 118 valence electrons. The van der Waals surface area contributed by atoms with Gasteiger partial charge in [0.1, 0.15) is 0 Å². The van der Waals surface area contributed by atoms with E-state index in [9.17, 15) is 5.11 Å². The van der Waals surface area contributed by atoms with E-state index in [0.717, 1.165) is 24.8 Å². The number of benzene rings is 1. The number of aliphatic hydroxyl groups is 1. The molecular formula is C19H26N2O. The normalized spacial score (nSPS) is 13.8. The molecule has 2 rings (SSSR count). The Kier molecular flexibility index (Phi) is 6.56. The van der Waals surface area contributed by atoms with Crippen LogP contribution in [0.4, 0.5) is 0 Å². The molecule has 2 atom stereocenters. The van der Waals surface area contributed by atoms with Crippen molar-refractivity contribution in [1.82, 2.24) is 10.3 Å². The van der Waals surface area contributed by atoms with E-state index in [-0.39, 0.29) is 0 Å². The van der Waals surface area contributed by atoms with Crippen molar-refractivity contribution in [2.45, 2.75) is 45.3 Å². The van der Waals surface area contributed by atoms with Crippen molar-refractivity contribution in [2.75, 3.05) is 6.54 Å². The van der Waals surface area contributed by atoms with E-state index in [1.807, 2.05) is 12.1 Å². The minimum absolute atomic E-state index is 0.374. The number of hydrogen-bond acceptors (Lipinski definition) is 3. The zero-order valence-corrected chi connectivity index (χ0v) is 13.5. The van der Waals surface area contributed by atoms with Crippen LogP contribution < -0.4 is 5.32 Å². The van der Waals surface area contributed by atoms with Gasteiger partial charge in [0.05, 0.1) is 6.10 Å². The maximum Gasteiger partial charge on any atom is 0.0929 e. The molecule has 2 aromatic rings. The van der Waals surface area contributed by atoms with E-state index in [4.69, 9.17) is 0 Å². The molecule has 0 saturated carbocycles. The van der Waals surface area contributed by atoms with Gasteiger partial charge in [-0.25, -0.2) is 0 Å². The fourth-order valence-corrected chi connectivity index (χ4v) is 2.53. The SMILES string of the molecule is CCc1ccc(CC(CC)NCC(O)c2cccnc2)cc1. The summed E-state index contributed by atoms with van der Waals surface area (Å²) in [4.78, 5) is 4.05. The zero-order valence-electron chi connectivity index (χ0n) is 13.5. The molecule has 1 aromatic heterocycles. The lowest BCUT2D eigenvalue weighted by atomic mass is 10.0. The highest BCUT2D eigenvalue weighted by Gasteiger charge is 2.11. The molecule has 0 saturated heterocycles. The summed E-state index contributed by atoms with van der Waals surface area (Å²) >= 11 is 0. The summed E-state index contributed by atoms with van der Waals surface area (Å²) in [5, 5.41) is 13.7. The molecule has 1 aromatic carbocycles. The molecule has 0 aliphatic heterocycles. The summed E-state index contributed by atoms with van der Waals surface area (Å²) < 4.78 is 0. The van der Waals surface area contributed by atoms with Gasteiger partial charge in [0.25, 0.3) is 0 Å². The third-order valence-corrected chi connectivity index (χ3v) is 4.08. The standard InChI is InChI=1S/C19H26N2O/c1-3-15-7-9-16(10-8-15)12-18(4-2)21-14-19(22)17-6-5-11-20-13-17/h5-11,13,18-19,21-22H,3-4,12,14H2,1-2H3. The minimum atomic E-state index is -0.509. The fourth-order valence-electron chi connectivity index (χ4n) is 2.53. The van der Waals surface area contributed by atoms with Crippen LogP contribution in [0, 0.1) is 0 Å². The molecule has 0 spiro atoms. The molecule has 0 fully saturated rings. The number of nitrogens with one attached hydrogen (secondary N) is 1. The highest BCUT2D eigenvalue weighted by atomic mass is 16.3. The zero-order chi connectivity index (χ0) is 15.8. The molecule has 3 heteroatoms. The van der Waals surface area contributed by atoms with Gasteiger partial charge in [0.2, 0.25) is 0 Å². The topological polar surface area (TPSA) is 45.1 Å². The second-order valence-electron chi connectivity index (χ2n) is 5.69. The van der Waals surface area contributed by atoms with Gasteiger partial charge in [-0.2, -0.15) is 0 Å². The average molecular weight is 298 g/mol. The Morgan fingerprint density at radius 1 is 1.09 bits per heavy atom. The van der Waals surface area contributed by atoms with Gasteiger partial charge in [0, 0.05) is 30.5 Å². The van der Waals surface area contributed by atoms with Crippen LogP contribution in [-0.4, -0.2) is 22.7 Å². The van der Waals surface area contributed by atoms with Crippen LogP contribution in [0.15, 0.2) is 48.8 Å². The number of pyridine rings is 1. The quantitative estimate of drug-likeness (QED) is 0.786. The molecule has 0 aliphatic carbocycles. The highest BCUT2D eigenvalue weighted by molar-refractivity contribution is 5.23. The summed E-state index contributed by atoms with van der Waals surface area (Å²) in [6, 6.07) is 13.0. The fraction of sp³-hybridized carbons (Fsp3) is 0.421. The number of hydrogen-bond donors (Lipinski definition) is 2. The number of aliphatic hydroxyl groups excluding tert-OH is 1. The predicted molar refractivity (Wildman–Crippen MR) is 90.8 cm³/mol. The first-order valence-corrected chi connectivity index (χ1v) is 8.12. The maximum absolute atomic E-state index is 10.2. The van der Waals surface area contributed by atoms with Crippen molar-refractivity contribution in [3.05, 3.63) is 65.5 Å². The molecule has 0 bridgehead atoms. The van der Waals surface area contributed by atoms with Crippen LogP contribution in [-0.2, 0) is 12.8 Å². The van der Waals surface area contributed by atoms with Crippen LogP contribution >= 0.6 is 0 Å². The summed E-state index contributed by atoms with van der Waals surface area (Å²) in [7, 11) is 0. The Hall–Kier alpha value is -1.71. The smallest absolute Gasteiger partial charge is 0.0929 e. The van der Waals surface area contributed by atoms with Crippen molar-refractivity contribution in [3.63, 3.8) is 0 Å². The number of rotatable bonds is 8. The monoisotopic (exact) mass is 298 g/mol. The molecule has 2 N–H and O–H groups in total. The molecule has 3 nitrogen and oxygen atoms in total. The van der Waals surface area contributed by atoms with E-state index in [0.29, 0.717) is 12.6 Å². The van der Waals surface area contributed by atoms with Crippen molar-refractivity contribution >= 4 is 0 Å². The molecule has 0 aliphatic rings. The lowest BCUT2D eigenvalue weighted by molar-refractivity contribution is 0.169. The third kappa shape index (κ3) is 4.93. The third-order valence-electron chi connectivity index (χ3n) is 4.08. The lowest BCUT2D eigenvalue weighted by Crippen LogP contribution is -2.34. The number of nitrogens with zero attached hydrogens (tertiary/aromatic N) is 1. The van der Waals surface area contributed by atoms with Gasteiger partial charge in [-0.1, -0.05) is 44.2 Å². The first kappa shape index (κ1) is 16.7. The van der Waals surface area contributed by atoms with Crippen molar-refractivity contribution in [3.8, 4) is 0 Å². The Morgan fingerprint density at radius 2 is 1.82 bits per heavy atom. The molecule has 2 unspecified atom stereocenters. The van der Waals surface area contributed by atoms with Gasteiger partial charge in [-0.15, -0.1) is 0 Å². The van der Waals surface area contributed by atoms with E-state index < -0.39 is 6.10 Å². The Balaban J connectivity index is 1.86. The van der Waals surface area contributed by atoms with Gasteiger partial charge in [-0.3, -0.25) is 4.98 Å². The second-order valence-corrected chi connectivity index (χ2v) is 5.69. The van der Waals surface area contributed by atoms with Gasteiger partial charge in [-0.05, 0) is 36.5 Å². The molecule has 22 heavy (non-hydrogen) atoms. The van der Waals surface area contributed by atoms with Gasteiger partial charge < -0.3 is 10.4 Å². The van der Waals surface area contributed by atoms with Crippen LogP contribution in [0.3, 0.4) is 0 Å². The molecule has 1 heterocycles. The van der Waals surface area contributed by atoms with Gasteiger partial charge >= 0.3 is 0 Å². The van der Waals surface area contributed by atoms with E-state index in [2.05, 4.69) is 48.4 Å². The highest BCUT2D eigenvalue weighted by Crippen LogP contribution is 2.12. The number of aromatic nitrogens is 1. The van der Waals surface area contributed by atoms with Crippen molar-refractivity contribution in [2.24, 2.45) is 0 Å². The van der Waals surface area contributed by atoms with E-state index in [1.165, 1.54) is 11.1 Å². The van der Waals surface area contributed by atoms with Crippen molar-refractivity contribution in [1.29, 1.82) is 0 Å². The average Bonchev–Trinajstić information content (AvgIpc) is 2.59. The van der Waals surface area contributed by atoms with Crippen LogP contribution in [0.2, 0.25) is 0 Å². The molecule has 0 amide bonds. The van der Waals surface area contributed by atoms with Crippen molar-refractivity contribution < 1.29 is 5.11 Å². The summed E-state index contributed by atoms with van der Waals surface area (Å²) in [6.45, 7) is 4.90. The second kappa shape index (κ2) is 8.66. The van der Waals surface area contributed by atoms with E-state index in [1.54, 1.807) is 12.4 Å². The minimum Gasteiger partial charge on any atom is -0.387 e. The Labute approximate surface area is 133 Å². The first-order chi connectivity index (χ1) is 10.7. The lowest BCUT2D eigenvalue weighted by Gasteiger charge is -2.20. The number of aryl methyl sites for hydroxylation is 1. The largest absolute Gasteiger partial charge is 0.387 e. The van der Waals surface area contributed by atoms with Gasteiger partial charge in [0.15, 0.2) is 0 Å². The van der Waals surface area contributed by atoms with Crippen LogP contribution in [0.5, 0.6) is 0 Å². The maximum atomic E-state index is 10.2. The Bertz CT molecular complexity index is 539. The van der Waals surface area contributed by atoms with Crippen LogP contribution in [0.1, 0.15) is 43.1 Å².